The minimum Gasteiger partial charge on any atom is -0.492 e. The summed E-state index contributed by atoms with van der Waals surface area (Å²) >= 11 is 0. The number of benzene rings is 4. The Morgan fingerprint density at radius 3 is 2.38 bits per heavy atom. The molecule has 1 heterocycles. The first kappa shape index (κ1) is 26.3. The molecular formula is C32H37N3O2. The van der Waals surface area contributed by atoms with Crippen LogP contribution in [0, 0.1) is 6.92 Å². The fourth-order valence-electron chi connectivity index (χ4n) is 4.51. The van der Waals surface area contributed by atoms with Crippen molar-refractivity contribution in [2.75, 3.05) is 25.4 Å². The summed E-state index contributed by atoms with van der Waals surface area (Å²) in [5.41, 5.74) is 12.0. The summed E-state index contributed by atoms with van der Waals surface area (Å²) in [6.07, 6.45) is -0.635. The summed E-state index contributed by atoms with van der Waals surface area (Å²) < 4.78 is 6.14. The zero-order valence-electron chi connectivity index (χ0n) is 21.9. The predicted molar refractivity (Wildman–Crippen MR) is 155 cm³/mol. The number of aliphatic hydroxyl groups excluding tert-OH is 1. The zero-order valence-corrected chi connectivity index (χ0v) is 21.9. The highest BCUT2D eigenvalue weighted by molar-refractivity contribution is 6.07. The number of aromatic amines is 1. The molecule has 1 aromatic heterocycles. The highest BCUT2D eigenvalue weighted by Gasteiger charge is 2.15. The van der Waals surface area contributed by atoms with E-state index in [9.17, 15) is 5.11 Å². The van der Waals surface area contributed by atoms with Crippen molar-refractivity contribution >= 4 is 27.5 Å². The molecular weight excluding hydrogens is 458 g/mol. The number of fused-ring (bicyclic) bond motifs is 3. The highest BCUT2D eigenvalue weighted by Crippen LogP contribution is 2.28. The second-order valence-electron chi connectivity index (χ2n) is 9.08. The topological polar surface area (TPSA) is 74.5 Å². The lowest BCUT2D eigenvalue weighted by Crippen LogP contribution is -2.32. The van der Waals surface area contributed by atoms with Crippen LogP contribution in [0.5, 0.6) is 5.75 Å². The number of nitrogens with one attached hydrogen (secondary N) is 1. The van der Waals surface area contributed by atoms with Crippen molar-refractivity contribution in [3.63, 3.8) is 0 Å². The normalized spacial score (nSPS) is 11.9. The van der Waals surface area contributed by atoms with E-state index in [-0.39, 0.29) is 0 Å². The van der Waals surface area contributed by atoms with Gasteiger partial charge in [-0.15, -0.1) is 0 Å². The van der Waals surface area contributed by atoms with Gasteiger partial charge in [-0.1, -0.05) is 74.5 Å². The van der Waals surface area contributed by atoms with Gasteiger partial charge in [0.05, 0.1) is 11.6 Å². The average Bonchev–Trinajstić information content (AvgIpc) is 3.29. The van der Waals surface area contributed by atoms with Crippen LogP contribution in [0.15, 0.2) is 91.0 Å². The largest absolute Gasteiger partial charge is 0.492 e. The third-order valence-corrected chi connectivity index (χ3v) is 6.52. The second kappa shape index (κ2) is 12.4. The Morgan fingerprint density at radius 1 is 0.865 bits per heavy atom. The van der Waals surface area contributed by atoms with Gasteiger partial charge in [0.2, 0.25) is 0 Å². The Kier molecular flexibility index (Phi) is 8.83. The van der Waals surface area contributed by atoms with Crippen LogP contribution in [-0.2, 0) is 6.54 Å². The summed E-state index contributed by atoms with van der Waals surface area (Å²) in [5, 5.41) is 13.4. The average molecular weight is 496 g/mol. The minimum absolute atomic E-state index is 0.488. The summed E-state index contributed by atoms with van der Waals surface area (Å²) in [7, 11) is 0. The SMILES string of the molecule is CC.Cc1ccc(C(O)CN(CCOc2ccc3c(c2)[nH]c2ccccc23)Cc2ccccc2)cc1N. The van der Waals surface area contributed by atoms with Gasteiger partial charge in [-0.2, -0.15) is 0 Å². The molecule has 0 spiro atoms. The fourth-order valence-corrected chi connectivity index (χ4v) is 4.51. The fraction of sp³-hybridized carbons (Fsp3) is 0.250. The molecule has 0 aliphatic heterocycles. The van der Waals surface area contributed by atoms with E-state index >= 15 is 0 Å². The number of hydrogen-bond donors (Lipinski definition) is 3. The van der Waals surface area contributed by atoms with E-state index in [1.807, 2.05) is 69.3 Å². The zero-order chi connectivity index (χ0) is 26.2. The van der Waals surface area contributed by atoms with Gasteiger partial charge < -0.3 is 20.6 Å². The van der Waals surface area contributed by atoms with Crippen molar-refractivity contribution in [1.29, 1.82) is 0 Å². The molecule has 4 aromatic carbocycles. The lowest BCUT2D eigenvalue weighted by Gasteiger charge is -2.25. The molecule has 5 heteroatoms. The molecule has 0 bridgehead atoms. The van der Waals surface area contributed by atoms with E-state index in [1.54, 1.807) is 0 Å². The van der Waals surface area contributed by atoms with Crippen molar-refractivity contribution in [2.24, 2.45) is 0 Å². The summed E-state index contributed by atoms with van der Waals surface area (Å²) in [6.45, 7) is 8.38. The number of nitrogen functional groups attached to an aromatic ring is 1. The number of nitrogens with two attached hydrogens (primary N) is 1. The van der Waals surface area contributed by atoms with Gasteiger partial charge in [0.1, 0.15) is 12.4 Å². The molecule has 1 unspecified atom stereocenters. The predicted octanol–water partition coefficient (Wildman–Crippen LogP) is 6.85. The van der Waals surface area contributed by atoms with Gasteiger partial charge in [-0.25, -0.2) is 0 Å². The van der Waals surface area contributed by atoms with Gasteiger partial charge in [0.15, 0.2) is 0 Å². The van der Waals surface area contributed by atoms with Gasteiger partial charge in [0, 0.05) is 47.7 Å². The van der Waals surface area contributed by atoms with Crippen molar-refractivity contribution in [3.8, 4) is 5.75 Å². The van der Waals surface area contributed by atoms with Crippen LogP contribution >= 0.6 is 0 Å². The number of anilines is 1. The minimum atomic E-state index is -0.635. The maximum absolute atomic E-state index is 10.9. The van der Waals surface area contributed by atoms with E-state index in [1.165, 1.54) is 16.3 Å². The van der Waals surface area contributed by atoms with Crippen LogP contribution in [0.3, 0.4) is 0 Å². The monoisotopic (exact) mass is 495 g/mol. The van der Waals surface area contributed by atoms with E-state index in [4.69, 9.17) is 10.5 Å². The molecule has 0 aliphatic rings. The summed E-state index contributed by atoms with van der Waals surface area (Å²) in [4.78, 5) is 5.69. The van der Waals surface area contributed by atoms with Gasteiger partial charge >= 0.3 is 0 Å². The number of rotatable bonds is 9. The Bertz CT molecular complexity index is 1430. The number of ether oxygens (including phenoxy) is 1. The Balaban J connectivity index is 0.00000156. The molecule has 1 atom stereocenters. The van der Waals surface area contributed by atoms with Crippen molar-refractivity contribution in [2.45, 2.75) is 33.4 Å². The first-order valence-corrected chi connectivity index (χ1v) is 13.0. The molecule has 0 saturated carbocycles. The molecule has 0 fully saturated rings. The number of H-pyrrole nitrogens is 1. The Morgan fingerprint density at radius 2 is 1.59 bits per heavy atom. The van der Waals surface area contributed by atoms with Crippen LogP contribution in [0.1, 0.15) is 36.6 Å². The molecule has 5 rings (SSSR count). The third-order valence-electron chi connectivity index (χ3n) is 6.52. The van der Waals surface area contributed by atoms with Gasteiger partial charge in [0.25, 0.3) is 0 Å². The number of aromatic nitrogens is 1. The second-order valence-corrected chi connectivity index (χ2v) is 9.08. The van der Waals surface area contributed by atoms with E-state index in [0.29, 0.717) is 25.4 Å². The van der Waals surface area contributed by atoms with Crippen LogP contribution in [0.25, 0.3) is 21.8 Å². The Labute approximate surface area is 219 Å². The van der Waals surface area contributed by atoms with Crippen molar-refractivity contribution in [1.82, 2.24) is 9.88 Å². The number of aliphatic hydroxyl groups is 1. The molecule has 5 aromatic rings. The van der Waals surface area contributed by atoms with Crippen LogP contribution in [0.2, 0.25) is 0 Å². The van der Waals surface area contributed by atoms with Gasteiger partial charge in [-0.3, -0.25) is 4.90 Å². The molecule has 4 N–H and O–H groups in total. The van der Waals surface area contributed by atoms with Crippen LogP contribution in [0.4, 0.5) is 5.69 Å². The van der Waals surface area contributed by atoms with E-state index in [2.05, 4.69) is 52.3 Å². The smallest absolute Gasteiger partial charge is 0.121 e. The van der Waals surface area contributed by atoms with Crippen molar-refractivity contribution < 1.29 is 9.84 Å². The number of para-hydroxylation sites is 1. The van der Waals surface area contributed by atoms with E-state index in [0.717, 1.165) is 34.5 Å². The Hall–Kier alpha value is -3.80. The quantitative estimate of drug-likeness (QED) is 0.195. The molecule has 0 radical (unpaired) electrons. The number of hydrogen-bond acceptors (Lipinski definition) is 4. The van der Waals surface area contributed by atoms with E-state index < -0.39 is 6.10 Å². The molecule has 192 valence electrons. The summed E-state index contributed by atoms with van der Waals surface area (Å²) in [6, 6.07) is 30.6. The first-order valence-electron chi connectivity index (χ1n) is 13.0. The molecule has 0 amide bonds. The number of aryl methyl sites for hydroxylation is 1. The molecule has 5 nitrogen and oxygen atoms in total. The molecule has 0 aliphatic carbocycles. The lowest BCUT2D eigenvalue weighted by molar-refractivity contribution is 0.0986. The lowest BCUT2D eigenvalue weighted by atomic mass is 10.0. The highest BCUT2D eigenvalue weighted by atomic mass is 16.5. The van der Waals surface area contributed by atoms with Gasteiger partial charge in [-0.05, 0) is 47.9 Å². The molecule has 37 heavy (non-hydrogen) atoms. The molecule has 0 saturated heterocycles. The maximum atomic E-state index is 10.9. The third kappa shape index (κ3) is 6.50. The van der Waals surface area contributed by atoms with Crippen LogP contribution < -0.4 is 10.5 Å². The first-order chi connectivity index (χ1) is 18.1. The number of nitrogens with zero attached hydrogens (tertiary/aromatic N) is 1. The maximum Gasteiger partial charge on any atom is 0.121 e. The van der Waals surface area contributed by atoms with Crippen molar-refractivity contribution in [3.05, 3.63) is 108 Å². The van der Waals surface area contributed by atoms with Crippen LogP contribution in [-0.4, -0.2) is 34.7 Å². The summed E-state index contributed by atoms with van der Waals surface area (Å²) in [5.74, 6) is 0.829. The standard InChI is InChI=1S/C30H31N3O2.C2H6/c1-21-11-12-23(17-27(21)31)30(34)20-33(19-22-7-3-2-4-8-22)15-16-35-24-13-14-26-25-9-5-6-10-28(25)32-29(26)18-24;1-2/h2-14,17-18,30,32,34H,15-16,19-20,31H2,1H3;1-2H3.